The molecule has 2 N–H and O–H groups in total. The van der Waals surface area contributed by atoms with E-state index in [0.29, 0.717) is 5.56 Å². The van der Waals surface area contributed by atoms with Gasteiger partial charge in [-0.1, -0.05) is 6.07 Å². The molecule has 114 valence electrons. The van der Waals surface area contributed by atoms with Crippen molar-refractivity contribution < 1.29 is 14.4 Å². The smallest absolute Gasteiger partial charge is 0.274 e. The molecule has 0 saturated carbocycles. The zero-order valence-electron chi connectivity index (χ0n) is 11.8. The topological polar surface area (TPSA) is 52.6 Å². The number of amides is 1. The molecule has 1 aliphatic rings. The highest BCUT2D eigenvalue weighted by molar-refractivity contribution is 7.97. The van der Waals surface area contributed by atoms with Crippen LogP contribution in [0.4, 0.5) is 4.39 Å². The first-order chi connectivity index (χ1) is 10.7. The third kappa shape index (κ3) is 3.30. The van der Waals surface area contributed by atoms with Gasteiger partial charge in [0.15, 0.2) is 0 Å². The molecule has 0 fully saturated rings. The van der Waals surface area contributed by atoms with E-state index < -0.39 is 5.91 Å². The van der Waals surface area contributed by atoms with E-state index in [1.165, 1.54) is 12.1 Å². The van der Waals surface area contributed by atoms with Gasteiger partial charge in [0.2, 0.25) is 0 Å². The second-order valence-corrected chi connectivity index (χ2v) is 6.25. The minimum Gasteiger partial charge on any atom is -0.288 e. The lowest BCUT2D eigenvalue weighted by molar-refractivity contribution is 0.0706. The number of nitrogens with zero attached hydrogens (tertiary/aromatic N) is 1. The van der Waals surface area contributed by atoms with Crippen LogP contribution < -0.4 is 5.48 Å². The lowest BCUT2D eigenvalue weighted by Gasteiger charge is -2.27. The predicted octanol–water partition coefficient (Wildman–Crippen LogP) is 3.01. The highest BCUT2D eigenvalue weighted by Crippen LogP contribution is 2.29. The SMILES string of the molecule is O=C(NO)c1ccc2c(c1)CCN(Sc1ccc(F)cc1)C2. The fourth-order valence-corrected chi connectivity index (χ4v) is 3.40. The first-order valence-corrected chi connectivity index (χ1v) is 7.68. The maximum atomic E-state index is 12.9. The Kier molecular flexibility index (Phi) is 4.42. The molecule has 0 spiro atoms. The molecule has 1 heterocycles. The van der Waals surface area contributed by atoms with Crippen LogP contribution in [0.25, 0.3) is 0 Å². The van der Waals surface area contributed by atoms with Crippen molar-refractivity contribution in [2.24, 2.45) is 0 Å². The highest BCUT2D eigenvalue weighted by atomic mass is 32.2. The van der Waals surface area contributed by atoms with E-state index in [0.717, 1.165) is 35.5 Å². The number of hydrogen-bond acceptors (Lipinski definition) is 4. The molecule has 0 aromatic heterocycles. The zero-order valence-corrected chi connectivity index (χ0v) is 12.6. The van der Waals surface area contributed by atoms with Crippen LogP contribution in [0.15, 0.2) is 47.4 Å². The average Bonchev–Trinajstić information content (AvgIpc) is 2.55. The molecule has 22 heavy (non-hydrogen) atoms. The van der Waals surface area contributed by atoms with Crippen LogP contribution in [-0.4, -0.2) is 22.0 Å². The van der Waals surface area contributed by atoms with E-state index in [1.54, 1.807) is 35.6 Å². The summed E-state index contributed by atoms with van der Waals surface area (Å²) in [6, 6.07) is 11.9. The van der Waals surface area contributed by atoms with Crippen LogP contribution >= 0.6 is 11.9 Å². The van der Waals surface area contributed by atoms with Crippen LogP contribution in [0, 0.1) is 5.82 Å². The van der Waals surface area contributed by atoms with E-state index in [1.807, 2.05) is 12.1 Å². The van der Waals surface area contributed by atoms with Crippen molar-refractivity contribution >= 4 is 17.9 Å². The van der Waals surface area contributed by atoms with Crippen LogP contribution in [0.3, 0.4) is 0 Å². The van der Waals surface area contributed by atoms with Crippen molar-refractivity contribution in [1.29, 1.82) is 0 Å². The number of hydroxylamine groups is 1. The number of benzene rings is 2. The number of carbonyl (C=O) groups excluding carboxylic acids is 1. The third-order valence-electron chi connectivity index (χ3n) is 3.60. The molecule has 0 atom stereocenters. The zero-order chi connectivity index (χ0) is 15.5. The molecule has 6 heteroatoms. The Balaban J connectivity index is 1.71. The van der Waals surface area contributed by atoms with Crippen molar-refractivity contribution in [2.75, 3.05) is 6.54 Å². The van der Waals surface area contributed by atoms with Gasteiger partial charge in [0.05, 0.1) is 0 Å². The van der Waals surface area contributed by atoms with Gasteiger partial charge < -0.3 is 0 Å². The highest BCUT2D eigenvalue weighted by Gasteiger charge is 2.18. The van der Waals surface area contributed by atoms with E-state index in [-0.39, 0.29) is 5.82 Å². The summed E-state index contributed by atoms with van der Waals surface area (Å²) in [6.45, 7) is 1.61. The Morgan fingerprint density at radius 1 is 1.18 bits per heavy atom. The standard InChI is InChI=1S/C16H15FN2O2S/c17-14-3-5-15(6-4-14)22-19-8-7-11-9-12(16(20)18-21)1-2-13(11)10-19/h1-6,9,21H,7-8,10H2,(H,18,20). The largest absolute Gasteiger partial charge is 0.288 e. The van der Waals surface area contributed by atoms with Gasteiger partial charge in [-0.25, -0.2) is 14.2 Å². The minimum absolute atomic E-state index is 0.233. The van der Waals surface area contributed by atoms with Crippen LogP contribution in [0.5, 0.6) is 0 Å². The molecule has 4 nitrogen and oxygen atoms in total. The molecule has 0 unspecified atom stereocenters. The van der Waals surface area contributed by atoms with Gasteiger partial charge in [0.25, 0.3) is 5.91 Å². The number of nitrogens with one attached hydrogen (secondary N) is 1. The van der Waals surface area contributed by atoms with Gasteiger partial charge in [-0.3, -0.25) is 10.0 Å². The number of halogens is 1. The molecule has 2 aromatic carbocycles. The normalized spacial score (nSPS) is 14.5. The summed E-state index contributed by atoms with van der Waals surface area (Å²) in [7, 11) is 0. The maximum Gasteiger partial charge on any atom is 0.274 e. The second-order valence-electron chi connectivity index (χ2n) is 5.08. The Labute approximate surface area is 132 Å². The molecule has 0 radical (unpaired) electrons. The van der Waals surface area contributed by atoms with Gasteiger partial charge >= 0.3 is 0 Å². The molecule has 0 aliphatic carbocycles. The molecule has 0 bridgehead atoms. The average molecular weight is 318 g/mol. The fourth-order valence-electron chi connectivity index (χ4n) is 2.46. The van der Waals surface area contributed by atoms with Gasteiger partial charge in [-0.2, -0.15) is 0 Å². The number of fused-ring (bicyclic) bond motifs is 1. The van der Waals surface area contributed by atoms with E-state index in [9.17, 15) is 9.18 Å². The monoisotopic (exact) mass is 318 g/mol. The van der Waals surface area contributed by atoms with Crippen molar-refractivity contribution in [3.8, 4) is 0 Å². The molecule has 3 rings (SSSR count). The van der Waals surface area contributed by atoms with Crippen LogP contribution in [0.2, 0.25) is 0 Å². The summed E-state index contributed by atoms with van der Waals surface area (Å²) in [5.74, 6) is -0.728. The van der Waals surface area contributed by atoms with Crippen molar-refractivity contribution in [1.82, 2.24) is 9.79 Å². The molecule has 1 aliphatic heterocycles. The number of carbonyl (C=O) groups is 1. The van der Waals surface area contributed by atoms with Crippen molar-refractivity contribution in [3.05, 3.63) is 65.0 Å². The molecule has 1 amide bonds. The Morgan fingerprint density at radius 2 is 1.95 bits per heavy atom. The van der Waals surface area contributed by atoms with Gasteiger partial charge in [-0.15, -0.1) is 0 Å². The summed E-state index contributed by atoms with van der Waals surface area (Å²) < 4.78 is 15.1. The van der Waals surface area contributed by atoms with Crippen LogP contribution in [0.1, 0.15) is 21.5 Å². The summed E-state index contributed by atoms with van der Waals surface area (Å²) >= 11 is 1.60. The van der Waals surface area contributed by atoms with Crippen molar-refractivity contribution in [2.45, 2.75) is 17.9 Å². The lowest BCUT2D eigenvalue weighted by Crippen LogP contribution is -2.25. The van der Waals surface area contributed by atoms with E-state index >= 15 is 0 Å². The summed E-state index contributed by atoms with van der Waals surface area (Å²) in [5, 5.41) is 8.68. The minimum atomic E-state index is -0.495. The van der Waals surface area contributed by atoms with E-state index in [2.05, 4.69) is 4.31 Å². The molecule has 2 aromatic rings. The van der Waals surface area contributed by atoms with Gasteiger partial charge in [0, 0.05) is 23.5 Å². The van der Waals surface area contributed by atoms with Crippen molar-refractivity contribution in [3.63, 3.8) is 0 Å². The van der Waals surface area contributed by atoms with Gasteiger partial charge in [0.1, 0.15) is 5.82 Å². The predicted molar refractivity (Wildman–Crippen MR) is 82.1 cm³/mol. The fraction of sp³-hybridized carbons (Fsp3) is 0.188. The number of hydrogen-bond donors (Lipinski definition) is 2. The Hall–Kier alpha value is -1.89. The molecular formula is C16H15FN2O2S. The quantitative estimate of drug-likeness (QED) is 0.519. The molecule has 0 saturated heterocycles. The second kappa shape index (κ2) is 6.48. The lowest BCUT2D eigenvalue weighted by atomic mass is 9.98. The Bertz CT molecular complexity index is 691. The molecular weight excluding hydrogens is 303 g/mol. The first kappa shape index (κ1) is 15.0. The summed E-state index contributed by atoms with van der Waals surface area (Å²) in [4.78, 5) is 12.4. The summed E-state index contributed by atoms with van der Waals surface area (Å²) in [5.41, 5.74) is 4.39. The van der Waals surface area contributed by atoms with Crippen LogP contribution in [-0.2, 0) is 13.0 Å². The number of rotatable bonds is 3. The third-order valence-corrected chi connectivity index (χ3v) is 4.65. The maximum absolute atomic E-state index is 12.9. The first-order valence-electron chi connectivity index (χ1n) is 6.90. The van der Waals surface area contributed by atoms with E-state index in [4.69, 9.17) is 5.21 Å². The van der Waals surface area contributed by atoms with Gasteiger partial charge in [-0.05, 0) is 65.9 Å². The Morgan fingerprint density at radius 3 is 2.68 bits per heavy atom. The summed E-state index contributed by atoms with van der Waals surface area (Å²) in [6.07, 6.45) is 0.829.